The summed E-state index contributed by atoms with van der Waals surface area (Å²) in [6, 6.07) is 13.2. The number of nitrogens with one attached hydrogen (secondary N) is 1. The largest absolute Gasteiger partial charge is 0.493 e. The maximum absolute atomic E-state index is 13.1. The van der Waals surface area contributed by atoms with Gasteiger partial charge in [0.05, 0.1) is 19.7 Å². The molecule has 1 aliphatic rings. The second-order valence-electron chi connectivity index (χ2n) is 6.62. The number of para-hydroxylation sites is 1. The number of benzene rings is 2. The van der Waals surface area contributed by atoms with Crippen LogP contribution in [0.3, 0.4) is 0 Å². The van der Waals surface area contributed by atoms with Crippen molar-refractivity contribution in [1.29, 1.82) is 0 Å². The number of aryl methyl sites for hydroxylation is 1. The number of amides is 1. The Morgan fingerprint density at radius 1 is 1.00 bits per heavy atom. The number of pyridine rings is 1. The van der Waals surface area contributed by atoms with Crippen LogP contribution in [0.4, 0.5) is 5.69 Å². The van der Waals surface area contributed by atoms with Crippen LogP contribution in [-0.2, 0) is 11.8 Å². The molecule has 0 bridgehead atoms. The highest BCUT2D eigenvalue weighted by atomic mass is 16.5. The number of carbonyl (C=O) groups excluding carboxylic acids is 1. The van der Waals surface area contributed by atoms with Crippen molar-refractivity contribution in [2.75, 3.05) is 19.5 Å². The van der Waals surface area contributed by atoms with Gasteiger partial charge in [0, 0.05) is 36.7 Å². The molecule has 0 spiro atoms. The smallest absolute Gasteiger partial charge is 0.254 e. The number of anilines is 1. The predicted molar refractivity (Wildman–Crippen MR) is 104 cm³/mol. The average Bonchev–Trinajstić information content (AvgIpc) is 2.69. The highest BCUT2D eigenvalue weighted by Crippen LogP contribution is 2.42. The summed E-state index contributed by atoms with van der Waals surface area (Å²) in [5, 5.41) is 3.83. The zero-order valence-electron chi connectivity index (χ0n) is 15.4. The van der Waals surface area contributed by atoms with E-state index in [-0.39, 0.29) is 23.8 Å². The molecule has 6 heteroatoms. The molecule has 1 unspecified atom stereocenters. The lowest BCUT2D eigenvalue weighted by Gasteiger charge is -2.27. The van der Waals surface area contributed by atoms with Crippen molar-refractivity contribution in [3.63, 3.8) is 0 Å². The first-order chi connectivity index (χ1) is 13.0. The lowest BCUT2D eigenvalue weighted by Crippen LogP contribution is -2.29. The van der Waals surface area contributed by atoms with E-state index < -0.39 is 0 Å². The van der Waals surface area contributed by atoms with Gasteiger partial charge in [0.2, 0.25) is 5.91 Å². The fraction of sp³-hybridized carbons (Fsp3) is 0.238. The monoisotopic (exact) mass is 364 g/mol. The molecule has 1 aromatic heterocycles. The first-order valence-corrected chi connectivity index (χ1v) is 8.68. The number of carbonyl (C=O) groups is 1. The van der Waals surface area contributed by atoms with Crippen molar-refractivity contribution in [3.8, 4) is 11.5 Å². The standard InChI is InChI=1S/C21H20N2O4/c1-23-17-7-5-4-6-12(17)8-15(21(23)25)13-10-20(24)22-16-11-19(27-3)18(26-2)9-14(13)16/h4-9,11,13H,10H2,1-3H3,(H,22,24). The Morgan fingerprint density at radius 3 is 2.44 bits per heavy atom. The van der Waals surface area contributed by atoms with Gasteiger partial charge in [-0.15, -0.1) is 0 Å². The molecular formula is C21H20N2O4. The first-order valence-electron chi connectivity index (χ1n) is 8.68. The van der Waals surface area contributed by atoms with Crippen molar-refractivity contribution in [1.82, 2.24) is 4.57 Å². The molecule has 1 N–H and O–H groups in total. The van der Waals surface area contributed by atoms with E-state index >= 15 is 0 Å². The first kappa shape index (κ1) is 17.1. The summed E-state index contributed by atoms with van der Waals surface area (Å²) in [5.41, 5.74) is 2.84. The van der Waals surface area contributed by atoms with Crippen LogP contribution in [-0.4, -0.2) is 24.7 Å². The van der Waals surface area contributed by atoms with E-state index in [1.807, 2.05) is 36.4 Å². The molecule has 0 saturated carbocycles. The van der Waals surface area contributed by atoms with Gasteiger partial charge in [-0.1, -0.05) is 18.2 Å². The topological polar surface area (TPSA) is 69.6 Å². The molecule has 0 saturated heterocycles. The second kappa shape index (κ2) is 6.46. The minimum atomic E-state index is -0.350. The van der Waals surface area contributed by atoms with Crippen molar-refractivity contribution in [2.45, 2.75) is 12.3 Å². The Labute approximate surface area is 156 Å². The zero-order valence-corrected chi connectivity index (χ0v) is 15.4. The molecule has 1 aliphatic heterocycles. The maximum Gasteiger partial charge on any atom is 0.254 e. The molecule has 0 aliphatic carbocycles. The molecule has 1 atom stereocenters. The van der Waals surface area contributed by atoms with E-state index in [2.05, 4.69) is 5.32 Å². The van der Waals surface area contributed by atoms with Gasteiger partial charge in [0.25, 0.3) is 5.56 Å². The van der Waals surface area contributed by atoms with Crippen molar-refractivity contribution in [2.24, 2.45) is 7.05 Å². The predicted octanol–water partition coefficient (Wildman–Crippen LogP) is 3.03. The average molecular weight is 364 g/mol. The Bertz CT molecular complexity index is 1120. The number of rotatable bonds is 3. The number of fused-ring (bicyclic) bond motifs is 2. The summed E-state index contributed by atoms with van der Waals surface area (Å²) in [4.78, 5) is 25.4. The van der Waals surface area contributed by atoms with Crippen LogP contribution in [0.15, 0.2) is 47.3 Å². The van der Waals surface area contributed by atoms with Crippen LogP contribution >= 0.6 is 0 Å². The highest BCUT2D eigenvalue weighted by molar-refractivity contribution is 5.96. The molecule has 2 heterocycles. The molecule has 2 aromatic carbocycles. The van der Waals surface area contributed by atoms with Gasteiger partial charge in [0.1, 0.15) is 0 Å². The fourth-order valence-electron chi connectivity index (χ4n) is 3.76. The van der Waals surface area contributed by atoms with Crippen LogP contribution in [0.25, 0.3) is 10.9 Å². The molecular weight excluding hydrogens is 344 g/mol. The maximum atomic E-state index is 13.1. The number of methoxy groups -OCH3 is 2. The molecule has 4 rings (SSSR count). The number of nitrogens with zero attached hydrogens (tertiary/aromatic N) is 1. The van der Waals surface area contributed by atoms with Gasteiger partial charge in [-0.2, -0.15) is 0 Å². The molecule has 6 nitrogen and oxygen atoms in total. The molecule has 3 aromatic rings. The molecule has 0 radical (unpaired) electrons. The minimum absolute atomic E-state index is 0.103. The van der Waals surface area contributed by atoms with Crippen molar-refractivity contribution >= 4 is 22.5 Å². The van der Waals surface area contributed by atoms with E-state index in [4.69, 9.17) is 9.47 Å². The van der Waals surface area contributed by atoms with Gasteiger partial charge in [0.15, 0.2) is 11.5 Å². The van der Waals surface area contributed by atoms with Crippen LogP contribution in [0.1, 0.15) is 23.5 Å². The van der Waals surface area contributed by atoms with E-state index in [1.165, 1.54) is 0 Å². The number of aromatic nitrogens is 1. The summed E-state index contributed by atoms with van der Waals surface area (Å²) < 4.78 is 12.4. The fourth-order valence-corrected chi connectivity index (χ4v) is 3.76. The summed E-state index contributed by atoms with van der Waals surface area (Å²) >= 11 is 0. The van der Waals surface area contributed by atoms with Gasteiger partial charge < -0.3 is 19.4 Å². The zero-order chi connectivity index (χ0) is 19.1. The molecule has 0 fully saturated rings. The van der Waals surface area contributed by atoms with Gasteiger partial charge >= 0.3 is 0 Å². The van der Waals surface area contributed by atoms with E-state index in [0.29, 0.717) is 22.7 Å². The third-order valence-electron chi connectivity index (χ3n) is 5.13. The Morgan fingerprint density at radius 2 is 1.70 bits per heavy atom. The van der Waals surface area contributed by atoms with E-state index in [0.717, 1.165) is 16.5 Å². The van der Waals surface area contributed by atoms with Gasteiger partial charge in [-0.25, -0.2) is 0 Å². The van der Waals surface area contributed by atoms with E-state index in [1.54, 1.807) is 31.9 Å². The third-order valence-corrected chi connectivity index (χ3v) is 5.13. The highest BCUT2D eigenvalue weighted by Gasteiger charge is 2.30. The Balaban J connectivity index is 1.96. The second-order valence-corrected chi connectivity index (χ2v) is 6.62. The molecule has 1 amide bonds. The molecule has 138 valence electrons. The SMILES string of the molecule is COc1cc2c(cc1OC)C(c1cc3ccccc3n(C)c1=O)CC(=O)N2. The van der Waals surface area contributed by atoms with E-state index in [9.17, 15) is 9.59 Å². The van der Waals surface area contributed by atoms with Crippen LogP contribution in [0.5, 0.6) is 11.5 Å². The van der Waals surface area contributed by atoms with Crippen LogP contribution < -0.4 is 20.3 Å². The normalized spacial score (nSPS) is 16.0. The van der Waals surface area contributed by atoms with Gasteiger partial charge in [-0.3, -0.25) is 9.59 Å². The summed E-state index contributed by atoms with van der Waals surface area (Å²) in [6.07, 6.45) is 0.204. The Hall–Kier alpha value is -3.28. The lowest BCUT2D eigenvalue weighted by molar-refractivity contribution is -0.116. The number of hydrogen-bond donors (Lipinski definition) is 1. The van der Waals surface area contributed by atoms with Crippen LogP contribution in [0, 0.1) is 0 Å². The summed E-state index contributed by atoms with van der Waals surface area (Å²) in [5.74, 6) is 0.616. The third kappa shape index (κ3) is 2.73. The molecule has 27 heavy (non-hydrogen) atoms. The minimum Gasteiger partial charge on any atom is -0.493 e. The van der Waals surface area contributed by atoms with Crippen molar-refractivity contribution in [3.05, 3.63) is 63.9 Å². The lowest BCUT2D eigenvalue weighted by atomic mass is 9.84. The van der Waals surface area contributed by atoms with Crippen molar-refractivity contribution < 1.29 is 14.3 Å². The summed E-state index contributed by atoms with van der Waals surface area (Å²) in [6.45, 7) is 0. The van der Waals surface area contributed by atoms with Crippen LogP contribution in [0.2, 0.25) is 0 Å². The Kier molecular flexibility index (Phi) is 4.11. The number of hydrogen-bond acceptors (Lipinski definition) is 4. The number of ether oxygens (including phenoxy) is 2. The van der Waals surface area contributed by atoms with Gasteiger partial charge in [-0.05, 0) is 29.1 Å². The summed E-state index contributed by atoms with van der Waals surface area (Å²) in [7, 11) is 4.87. The quantitative estimate of drug-likeness (QED) is 0.776.